The van der Waals surface area contributed by atoms with Crippen molar-refractivity contribution in [1.82, 2.24) is 0 Å². The van der Waals surface area contributed by atoms with Crippen LogP contribution in [0, 0.1) is 25.7 Å². The molecule has 2 atom stereocenters. The molecule has 0 saturated heterocycles. The van der Waals surface area contributed by atoms with E-state index in [0.29, 0.717) is 11.8 Å². The third-order valence-electron chi connectivity index (χ3n) is 13.3. The topological polar surface area (TPSA) is 0 Å². The van der Waals surface area contributed by atoms with E-state index in [2.05, 4.69) is 172 Å². The second-order valence-electron chi connectivity index (χ2n) is 16.0. The Balaban J connectivity index is 1.22. The van der Waals surface area contributed by atoms with Gasteiger partial charge in [-0.3, -0.25) is 0 Å². The first-order valence-electron chi connectivity index (χ1n) is 19.3. The molecule has 0 heteroatoms. The Bertz CT molecular complexity index is 3310. The molecule has 0 aliphatic heterocycles. The molecule has 0 amide bonds. The summed E-state index contributed by atoms with van der Waals surface area (Å²) < 4.78 is 0. The number of benzene rings is 8. The third kappa shape index (κ3) is 3.54. The molecule has 8 aromatic carbocycles. The maximum atomic E-state index is 2.47. The summed E-state index contributed by atoms with van der Waals surface area (Å²) in [6.07, 6.45) is 21.2. The van der Waals surface area contributed by atoms with Gasteiger partial charge in [0.05, 0.1) is 0 Å². The number of hydrogen-bond acceptors (Lipinski definition) is 0. The van der Waals surface area contributed by atoms with Gasteiger partial charge in [0, 0.05) is 11.8 Å². The Labute approximate surface area is 314 Å². The molecule has 250 valence electrons. The lowest BCUT2D eigenvalue weighted by atomic mass is 9.62. The average Bonchev–Trinajstić information content (AvgIpc) is 3.54. The minimum absolute atomic E-state index is 0.306. The van der Waals surface area contributed by atoms with Crippen LogP contribution < -0.4 is 0 Å². The first-order valence-corrected chi connectivity index (χ1v) is 19.3. The van der Waals surface area contributed by atoms with Gasteiger partial charge in [-0.05, 0) is 140 Å². The molecule has 8 aromatic rings. The number of hydrogen-bond donors (Lipinski definition) is 0. The van der Waals surface area contributed by atoms with Crippen molar-refractivity contribution in [1.29, 1.82) is 0 Å². The first-order chi connectivity index (χ1) is 26.6. The zero-order chi connectivity index (χ0) is 35.4. The van der Waals surface area contributed by atoms with E-state index in [1.807, 2.05) is 0 Å². The summed E-state index contributed by atoms with van der Waals surface area (Å²) in [7, 11) is 0. The van der Waals surface area contributed by atoms with Crippen molar-refractivity contribution in [3.8, 4) is 33.4 Å². The van der Waals surface area contributed by atoms with Crippen molar-refractivity contribution < 1.29 is 0 Å². The van der Waals surface area contributed by atoms with Crippen molar-refractivity contribution in [2.24, 2.45) is 11.8 Å². The van der Waals surface area contributed by atoms with Gasteiger partial charge in [0.2, 0.25) is 0 Å². The predicted octanol–water partition coefficient (Wildman–Crippen LogP) is 14.3. The molecule has 0 nitrogen and oxygen atoms in total. The second-order valence-corrected chi connectivity index (χ2v) is 16.0. The van der Waals surface area contributed by atoms with Crippen molar-refractivity contribution >= 4 is 59.4 Å². The maximum Gasteiger partial charge on any atom is 0.0205 e. The van der Waals surface area contributed by atoms with Crippen molar-refractivity contribution in [2.45, 2.75) is 13.8 Å². The summed E-state index contributed by atoms with van der Waals surface area (Å²) in [4.78, 5) is 0. The third-order valence-corrected chi connectivity index (χ3v) is 13.3. The van der Waals surface area contributed by atoms with Gasteiger partial charge in [-0.25, -0.2) is 0 Å². The number of fused-ring (bicyclic) bond motifs is 4. The summed E-state index contributed by atoms with van der Waals surface area (Å²) in [6, 6.07) is 39.8. The lowest BCUT2D eigenvalue weighted by Gasteiger charge is -2.41. The SMILES string of the molecule is Cc1ccc2c(-c3ccc4ccc5cccc6ccc3c4c56)c3c(c(C4=C5C=CC6=CC=CC7=CC=C(C=C4)C5C67)c2c1)-c1cccc2c(C)ccc-3c12. The molecular weight excluding hydrogens is 649 g/mol. The van der Waals surface area contributed by atoms with Crippen molar-refractivity contribution in [3.63, 3.8) is 0 Å². The number of aryl methyl sites for hydroxylation is 2. The van der Waals surface area contributed by atoms with Crippen LogP contribution in [0.5, 0.6) is 0 Å². The number of allylic oxidation sites excluding steroid dienone is 14. The smallest absolute Gasteiger partial charge is 0.0205 e. The zero-order valence-electron chi connectivity index (χ0n) is 30.2. The van der Waals surface area contributed by atoms with Gasteiger partial charge >= 0.3 is 0 Å². The molecule has 0 aromatic heterocycles. The lowest BCUT2D eigenvalue weighted by Crippen LogP contribution is -2.29. The number of rotatable bonds is 2. The van der Waals surface area contributed by atoms with E-state index in [1.54, 1.807) is 0 Å². The Kier molecular flexibility index (Phi) is 5.44. The zero-order valence-corrected chi connectivity index (χ0v) is 30.2. The molecule has 13 rings (SSSR count). The second kappa shape index (κ2) is 10.1. The van der Waals surface area contributed by atoms with E-state index in [4.69, 9.17) is 0 Å². The van der Waals surface area contributed by atoms with Gasteiger partial charge in [-0.2, -0.15) is 0 Å². The van der Waals surface area contributed by atoms with Gasteiger partial charge in [-0.15, -0.1) is 0 Å². The van der Waals surface area contributed by atoms with Gasteiger partial charge in [0.15, 0.2) is 0 Å². The summed E-state index contributed by atoms with van der Waals surface area (Å²) >= 11 is 0. The fourth-order valence-electron chi connectivity index (χ4n) is 11.1. The van der Waals surface area contributed by atoms with E-state index in [-0.39, 0.29) is 0 Å². The van der Waals surface area contributed by atoms with E-state index < -0.39 is 0 Å². The molecule has 0 fully saturated rings. The highest BCUT2D eigenvalue weighted by Crippen LogP contribution is 2.60. The summed E-state index contributed by atoms with van der Waals surface area (Å²) in [5.74, 6) is 0.663. The lowest BCUT2D eigenvalue weighted by molar-refractivity contribution is 0.566. The Morgan fingerprint density at radius 1 is 0.407 bits per heavy atom. The average molecular weight is 683 g/mol. The van der Waals surface area contributed by atoms with E-state index in [9.17, 15) is 0 Å². The molecule has 54 heavy (non-hydrogen) atoms. The minimum atomic E-state index is 0.306. The van der Waals surface area contributed by atoms with Crippen molar-refractivity contribution in [3.05, 3.63) is 197 Å². The van der Waals surface area contributed by atoms with Crippen LogP contribution in [0.25, 0.3) is 92.8 Å². The fourth-order valence-corrected chi connectivity index (χ4v) is 11.1. The summed E-state index contributed by atoms with van der Waals surface area (Å²) in [5, 5.41) is 13.3. The molecule has 5 aliphatic rings. The van der Waals surface area contributed by atoms with Gasteiger partial charge in [0.25, 0.3) is 0 Å². The normalized spacial score (nSPS) is 19.0. The molecule has 5 aliphatic carbocycles. The molecule has 0 bridgehead atoms. The molecule has 0 spiro atoms. The Hall–Kier alpha value is -6.50. The molecule has 0 heterocycles. The minimum Gasteiger partial charge on any atom is -0.0617 e. The molecular formula is C54H34. The standard InChI is InChI=1S/C54H34/c1-29-12-22-42-45(28-29)52(41-27-21-36-17-15-32-7-4-9-34-19-25-39(41)49(36)47(32)34)53-43-11-5-10-37-30(2)13-23-44(50(37)43)54(53)51(42)40-26-20-35-16-14-31-6-3-8-33-18-24-38(40)48(35)46(31)33/h3-28,47,49H,1-2H3. The monoisotopic (exact) mass is 682 g/mol. The van der Waals surface area contributed by atoms with Crippen LogP contribution >= 0.6 is 0 Å². The van der Waals surface area contributed by atoms with Gasteiger partial charge in [0.1, 0.15) is 0 Å². The summed E-state index contributed by atoms with van der Waals surface area (Å²) in [6.45, 7) is 4.52. The van der Waals surface area contributed by atoms with Crippen LogP contribution in [0.4, 0.5) is 0 Å². The van der Waals surface area contributed by atoms with Crippen LogP contribution in [0.1, 0.15) is 16.7 Å². The Morgan fingerprint density at radius 2 is 1.09 bits per heavy atom. The largest absolute Gasteiger partial charge is 0.0617 e. The maximum absolute atomic E-state index is 2.47. The molecule has 0 N–H and O–H groups in total. The van der Waals surface area contributed by atoms with Crippen LogP contribution in [0.15, 0.2) is 180 Å². The quantitative estimate of drug-likeness (QED) is 0.159. The highest BCUT2D eigenvalue weighted by molar-refractivity contribution is 6.31. The summed E-state index contributed by atoms with van der Waals surface area (Å²) in [5.41, 5.74) is 19.1. The predicted molar refractivity (Wildman–Crippen MR) is 230 cm³/mol. The van der Waals surface area contributed by atoms with Gasteiger partial charge in [-0.1, -0.05) is 163 Å². The van der Waals surface area contributed by atoms with Crippen LogP contribution in [0.2, 0.25) is 0 Å². The van der Waals surface area contributed by atoms with E-state index in [1.165, 1.54) is 132 Å². The van der Waals surface area contributed by atoms with Crippen molar-refractivity contribution in [2.75, 3.05) is 0 Å². The van der Waals surface area contributed by atoms with E-state index >= 15 is 0 Å². The fraction of sp³-hybridized carbons (Fsp3) is 0.0741. The molecule has 0 radical (unpaired) electrons. The van der Waals surface area contributed by atoms with Crippen LogP contribution in [-0.2, 0) is 0 Å². The van der Waals surface area contributed by atoms with E-state index in [0.717, 1.165) is 0 Å². The van der Waals surface area contributed by atoms with Crippen LogP contribution in [-0.4, -0.2) is 0 Å². The Morgan fingerprint density at radius 3 is 1.98 bits per heavy atom. The van der Waals surface area contributed by atoms with Gasteiger partial charge < -0.3 is 0 Å². The highest BCUT2D eigenvalue weighted by atomic mass is 14.4. The highest BCUT2D eigenvalue weighted by Gasteiger charge is 2.40. The molecule has 2 unspecified atom stereocenters. The van der Waals surface area contributed by atoms with Crippen LogP contribution in [0.3, 0.4) is 0 Å². The first kappa shape index (κ1) is 29.0. The molecule has 0 saturated carbocycles.